The van der Waals surface area contributed by atoms with Crippen LogP contribution in [0.3, 0.4) is 0 Å². The average Bonchev–Trinajstić information content (AvgIpc) is 3.69. The Morgan fingerprint density at radius 3 is 1.68 bits per heavy atom. The monoisotopic (exact) mass is 790 g/mol. The van der Waals surface area contributed by atoms with Crippen LogP contribution in [0.15, 0.2) is 237 Å². The molecule has 12 rings (SSSR count). The van der Waals surface area contributed by atoms with Crippen molar-refractivity contribution in [2.45, 2.75) is 12.5 Å². The lowest BCUT2D eigenvalue weighted by Crippen LogP contribution is -2.30. The van der Waals surface area contributed by atoms with E-state index in [-0.39, 0.29) is 6.04 Å². The standard InChI is InChI=1S/C60H42N2/c1-2-18-41(19-3-1)46-22-10-14-30-56(46)61(44-36-34-42(35-37-44)55-40-43-20-4-5-21-45(43)47-23-6-7-25-49(47)55)60-39-38-50(48-24-8-9-26-51(48)60)52-27-11-15-31-57(52)62-58-32-16-12-28-53(58)54-29-13-17-33-59(54)62/h1-36,38-40,44H,37H2. The first kappa shape index (κ1) is 36.0. The van der Waals surface area contributed by atoms with Crippen molar-refractivity contribution in [1.29, 1.82) is 0 Å². The molecule has 62 heavy (non-hydrogen) atoms. The second kappa shape index (κ2) is 15.0. The normalized spacial score (nSPS) is 13.9. The summed E-state index contributed by atoms with van der Waals surface area (Å²) in [5.41, 5.74) is 13.3. The largest absolute Gasteiger partial charge is 0.333 e. The third-order valence-electron chi connectivity index (χ3n) is 12.9. The van der Waals surface area contributed by atoms with E-state index in [1.807, 2.05) is 0 Å². The van der Waals surface area contributed by atoms with Crippen molar-refractivity contribution in [3.8, 4) is 27.9 Å². The second-order valence-corrected chi connectivity index (χ2v) is 16.3. The lowest BCUT2D eigenvalue weighted by atomic mass is 9.89. The molecular weight excluding hydrogens is 749 g/mol. The van der Waals surface area contributed by atoms with E-state index >= 15 is 0 Å². The fourth-order valence-corrected chi connectivity index (χ4v) is 10.1. The number of rotatable bonds is 7. The first-order valence-corrected chi connectivity index (χ1v) is 21.6. The van der Waals surface area contributed by atoms with Crippen molar-refractivity contribution >= 4 is 71.1 Å². The summed E-state index contributed by atoms with van der Waals surface area (Å²) in [5.74, 6) is 0. The molecule has 0 saturated carbocycles. The minimum Gasteiger partial charge on any atom is -0.333 e. The fourth-order valence-electron chi connectivity index (χ4n) is 10.1. The van der Waals surface area contributed by atoms with Gasteiger partial charge in [0.2, 0.25) is 0 Å². The van der Waals surface area contributed by atoms with Gasteiger partial charge < -0.3 is 9.47 Å². The van der Waals surface area contributed by atoms with E-state index in [1.54, 1.807) is 0 Å². The van der Waals surface area contributed by atoms with Crippen LogP contribution in [-0.2, 0) is 0 Å². The molecule has 11 aromatic rings. The summed E-state index contributed by atoms with van der Waals surface area (Å²) in [7, 11) is 0. The van der Waals surface area contributed by atoms with Crippen molar-refractivity contribution in [2.24, 2.45) is 0 Å². The van der Waals surface area contributed by atoms with Gasteiger partial charge in [-0.3, -0.25) is 0 Å². The molecule has 1 atom stereocenters. The Balaban J connectivity index is 1.03. The van der Waals surface area contributed by atoms with Crippen LogP contribution < -0.4 is 4.90 Å². The summed E-state index contributed by atoms with van der Waals surface area (Å²) in [6, 6.07) is 79.9. The molecule has 0 saturated heterocycles. The molecule has 0 radical (unpaired) electrons. The van der Waals surface area contributed by atoms with Crippen molar-refractivity contribution in [2.75, 3.05) is 4.90 Å². The van der Waals surface area contributed by atoms with Crippen molar-refractivity contribution in [1.82, 2.24) is 4.57 Å². The van der Waals surface area contributed by atoms with Gasteiger partial charge in [0, 0.05) is 38.7 Å². The van der Waals surface area contributed by atoms with Gasteiger partial charge in [0.1, 0.15) is 0 Å². The molecule has 1 aliphatic rings. The quantitative estimate of drug-likeness (QED) is 0.146. The SMILES string of the molecule is C1=CC(N(c2ccccc2-c2ccccc2)c2ccc(-c3ccccc3-n3c4ccccc4c4ccccc43)c3ccccc23)CC=C1c1cc2ccccc2c2ccccc12. The fraction of sp³-hybridized carbons (Fsp3) is 0.0333. The molecule has 0 N–H and O–H groups in total. The zero-order valence-electron chi connectivity index (χ0n) is 34.2. The molecular formula is C60H42N2. The van der Waals surface area contributed by atoms with Gasteiger partial charge in [-0.15, -0.1) is 0 Å². The van der Waals surface area contributed by atoms with Crippen molar-refractivity contribution in [3.05, 3.63) is 242 Å². The Kier molecular flexibility index (Phi) is 8.67. The lowest BCUT2D eigenvalue weighted by Gasteiger charge is -2.36. The third kappa shape index (κ3) is 5.87. The van der Waals surface area contributed by atoms with Crippen LogP contribution in [0.5, 0.6) is 0 Å². The van der Waals surface area contributed by atoms with E-state index < -0.39 is 0 Å². The maximum Gasteiger partial charge on any atom is 0.0560 e. The van der Waals surface area contributed by atoms with E-state index in [0.717, 1.165) is 6.42 Å². The van der Waals surface area contributed by atoms with Gasteiger partial charge >= 0.3 is 0 Å². The first-order valence-electron chi connectivity index (χ1n) is 21.6. The lowest BCUT2D eigenvalue weighted by molar-refractivity contribution is 0.790. The van der Waals surface area contributed by atoms with Crippen LogP contribution in [0.1, 0.15) is 12.0 Å². The summed E-state index contributed by atoms with van der Waals surface area (Å²) in [4.78, 5) is 2.59. The Morgan fingerprint density at radius 2 is 0.952 bits per heavy atom. The number of anilines is 2. The van der Waals surface area contributed by atoms with Gasteiger partial charge in [-0.1, -0.05) is 200 Å². The highest BCUT2D eigenvalue weighted by Crippen LogP contribution is 2.46. The topological polar surface area (TPSA) is 8.17 Å². The van der Waals surface area contributed by atoms with Gasteiger partial charge in [0.25, 0.3) is 0 Å². The number of hydrogen-bond acceptors (Lipinski definition) is 1. The first-order chi connectivity index (χ1) is 30.8. The highest BCUT2D eigenvalue weighted by molar-refractivity contribution is 6.13. The summed E-state index contributed by atoms with van der Waals surface area (Å²) in [5, 5.41) is 10.1. The van der Waals surface area contributed by atoms with E-state index in [4.69, 9.17) is 0 Å². The Hall–Kier alpha value is -7.94. The zero-order valence-corrected chi connectivity index (χ0v) is 34.2. The van der Waals surface area contributed by atoms with Crippen molar-refractivity contribution in [3.63, 3.8) is 0 Å². The van der Waals surface area contributed by atoms with Gasteiger partial charge in [0.15, 0.2) is 0 Å². The highest BCUT2D eigenvalue weighted by Gasteiger charge is 2.26. The molecule has 1 aromatic heterocycles. The minimum absolute atomic E-state index is 0.0643. The van der Waals surface area contributed by atoms with E-state index in [2.05, 4.69) is 246 Å². The molecule has 292 valence electrons. The number of para-hydroxylation sites is 4. The predicted molar refractivity (Wildman–Crippen MR) is 265 cm³/mol. The van der Waals surface area contributed by atoms with Crippen molar-refractivity contribution < 1.29 is 0 Å². The molecule has 0 amide bonds. The predicted octanol–water partition coefficient (Wildman–Crippen LogP) is 16.1. The van der Waals surface area contributed by atoms with Crippen LogP contribution in [0.4, 0.5) is 11.4 Å². The van der Waals surface area contributed by atoms with Gasteiger partial charge in [0.05, 0.1) is 22.8 Å². The van der Waals surface area contributed by atoms with Crippen LogP contribution in [-0.4, -0.2) is 10.6 Å². The summed E-state index contributed by atoms with van der Waals surface area (Å²) >= 11 is 0. The van der Waals surface area contributed by atoms with Gasteiger partial charge in [-0.05, 0) is 92.0 Å². The maximum absolute atomic E-state index is 2.59. The molecule has 2 heteroatoms. The summed E-state index contributed by atoms with van der Waals surface area (Å²) in [6.07, 6.45) is 8.10. The third-order valence-corrected chi connectivity index (χ3v) is 12.9. The number of hydrogen-bond donors (Lipinski definition) is 0. The Morgan fingerprint density at radius 1 is 0.387 bits per heavy atom. The number of fused-ring (bicyclic) bond motifs is 7. The average molecular weight is 791 g/mol. The Labute approximate surface area is 361 Å². The van der Waals surface area contributed by atoms with E-state index in [9.17, 15) is 0 Å². The molecule has 1 heterocycles. The molecule has 0 spiro atoms. The maximum atomic E-state index is 2.59. The van der Waals surface area contributed by atoms with Crippen LogP contribution in [0.2, 0.25) is 0 Å². The Bertz CT molecular complexity index is 3520. The smallest absolute Gasteiger partial charge is 0.0560 e. The molecule has 1 unspecified atom stereocenters. The number of nitrogens with zero attached hydrogens (tertiary/aromatic N) is 2. The molecule has 0 aliphatic heterocycles. The highest BCUT2D eigenvalue weighted by atomic mass is 15.2. The van der Waals surface area contributed by atoms with Crippen LogP contribution >= 0.6 is 0 Å². The molecule has 10 aromatic carbocycles. The number of benzene rings is 10. The zero-order chi connectivity index (χ0) is 41.0. The summed E-state index contributed by atoms with van der Waals surface area (Å²) < 4.78 is 2.45. The van der Waals surface area contributed by atoms with Crippen LogP contribution in [0, 0.1) is 0 Å². The number of allylic oxidation sites excluding steroid dienone is 2. The molecule has 1 aliphatic carbocycles. The van der Waals surface area contributed by atoms with E-state index in [0.29, 0.717) is 0 Å². The van der Waals surface area contributed by atoms with E-state index in [1.165, 1.54) is 105 Å². The summed E-state index contributed by atoms with van der Waals surface area (Å²) in [6.45, 7) is 0. The number of aromatic nitrogens is 1. The minimum atomic E-state index is 0.0643. The van der Waals surface area contributed by atoms with Gasteiger partial charge in [-0.2, -0.15) is 0 Å². The second-order valence-electron chi connectivity index (χ2n) is 16.3. The molecule has 2 nitrogen and oxygen atoms in total. The van der Waals surface area contributed by atoms with Crippen LogP contribution in [0.25, 0.3) is 87.6 Å². The molecule has 0 bridgehead atoms. The van der Waals surface area contributed by atoms with Gasteiger partial charge in [-0.25, -0.2) is 0 Å². The molecule has 0 fully saturated rings.